The Balaban J connectivity index is 1.55. The van der Waals surface area contributed by atoms with Crippen molar-refractivity contribution in [3.05, 3.63) is 99.3 Å². The van der Waals surface area contributed by atoms with Crippen LogP contribution in [-0.4, -0.2) is 22.0 Å². The van der Waals surface area contributed by atoms with E-state index in [2.05, 4.69) is 16.0 Å². The maximum atomic E-state index is 12.5. The van der Waals surface area contributed by atoms with Gasteiger partial charge in [0.05, 0.1) is 21.1 Å². The van der Waals surface area contributed by atoms with Crippen molar-refractivity contribution in [1.82, 2.24) is 14.9 Å². The summed E-state index contributed by atoms with van der Waals surface area (Å²) in [5.41, 5.74) is 4.67. The van der Waals surface area contributed by atoms with Crippen LogP contribution < -0.4 is 5.32 Å². The summed E-state index contributed by atoms with van der Waals surface area (Å²) < 4.78 is 2.16. The van der Waals surface area contributed by atoms with E-state index in [1.54, 1.807) is 6.07 Å². The highest BCUT2D eigenvalue weighted by molar-refractivity contribution is 6.42. The average molecular weight is 438 g/mol. The highest BCUT2D eigenvalue weighted by Crippen LogP contribution is 2.24. The zero-order valence-corrected chi connectivity index (χ0v) is 18.0. The van der Waals surface area contributed by atoms with Crippen molar-refractivity contribution in [3.63, 3.8) is 0 Å². The van der Waals surface area contributed by atoms with Crippen molar-refractivity contribution in [2.75, 3.05) is 6.54 Å². The minimum Gasteiger partial charge on any atom is -0.352 e. The molecule has 0 bridgehead atoms. The van der Waals surface area contributed by atoms with Crippen molar-refractivity contribution in [3.8, 4) is 0 Å². The summed E-state index contributed by atoms with van der Waals surface area (Å²) in [5.74, 6) is 0.840. The van der Waals surface area contributed by atoms with Gasteiger partial charge in [0.25, 0.3) is 5.91 Å². The summed E-state index contributed by atoms with van der Waals surface area (Å²) >= 11 is 12.3. The molecule has 30 heavy (non-hydrogen) atoms. The highest BCUT2D eigenvalue weighted by atomic mass is 35.5. The first-order valence-corrected chi connectivity index (χ1v) is 10.5. The Morgan fingerprint density at radius 3 is 2.57 bits per heavy atom. The Hall–Kier alpha value is -2.82. The molecule has 1 N–H and O–H groups in total. The fraction of sp³-hybridized carbons (Fsp3) is 0.167. The molecule has 1 amide bonds. The fourth-order valence-electron chi connectivity index (χ4n) is 3.52. The van der Waals surface area contributed by atoms with Crippen LogP contribution in [0.15, 0.2) is 66.7 Å². The molecule has 0 radical (unpaired) electrons. The molecule has 0 unspecified atom stereocenters. The van der Waals surface area contributed by atoms with Crippen LogP contribution in [0.4, 0.5) is 0 Å². The number of benzene rings is 3. The monoisotopic (exact) mass is 437 g/mol. The van der Waals surface area contributed by atoms with E-state index >= 15 is 0 Å². The Labute approximate surface area is 185 Å². The second-order valence-electron chi connectivity index (χ2n) is 7.17. The van der Waals surface area contributed by atoms with Crippen molar-refractivity contribution in [2.45, 2.75) is 19.9 Å². The Morgan fingerprint density at radius 1 is 1.00 bits per heavy atom. The molecular weight excluding hydrogens is 417 g/mol. The average Bonchev–Trinajstić information content (AvgIpc) is 3.08. The molecule has 4 rings (SSSR count). The predicted octanol–water partition coefficient (Wildman–Crippen LogP) is 5.67. The van der Waals surface area contributed by atoms with Gasteiger partial charge in [0.2, 0.25) is 0 Å². The van der Waals surface area contributed by atoms with Gasteiger partial charge >= 0.3 is 0 Å². The second-order valence-corrected chi connectivity index (χ2v) is 7.99. The third-order valence-corrected chi connectivity index (χ3v) is 5.82. The van der Waals surface area contributed by atoms with E-state index in [0.717, 1.165) is 28.0 Å². The number of hydrogen-bond donors (Lipinski definition) is 1. The van der Waals surface area contributed by atoms with Crippen LogP contribution in [-0.2, 0) is 13.0 Å². The lowest BCUT2D eigenvalue weighted by Gasteiger charge is -2.11. The minimum atomic E-state index is -0.0692. The standard InChI is InChI=1S/C24H21Cl2N3O/c1-16-6-2-3-7-18(16)24(30)27-13-12-23-28-21-8-4-5-9-22(21)29(23)15-17-10-11-19(25)20(26)14-17/h2-11,14H,12-13,15H2,1H3,(H,27,30). The van der Waals surface area contributed by atoms with Gasteiger partial charge < -0.3 is 9.88 Å². The van der Waals surface area contributed by atoms with Crippen molar-refractivity contribution >= 4 is 40.1 Å². The van der Waals surface area contributed by atoms with E-state index < -0.39 is 0 Å². The van der Waals surface area contributed by atoms with Crippen molar-refractivity contribution in [1.29, 1.82) is 0 Å². The number of rotatable bonds is 6. The topological polar surface area (TPSA) is 46.9 Å². The molecule has 0 aliphatic rings. The number of hydrogen-bond acceptors (Lipinski definition) is 2. The van der Waals surface area contributed by atoms with Gasteiger partial charge in [0.15, 0.2) is 0 Å². The van der Waals surface area contributed by atoms with Crippen LogP contribution in [0.5, 0.6) is 0 Å². The summed E-state index contributed by atoms with van der Waals surface area (Å²) in [5, 5.41) is 4.08. The van der Waals surface area contributed by atoms with Gasteiger partial charge in [-0.25, -0.2) is 4.98 Å². The first kappa shape index (κ1) is 20.5. The molecule has 4 nitrogen and oxygen atoms in total. The summed E-state index contributed by atoms with van der Waals surface area (Å²) in [4.78, 5) is 17.3. The molecule has 1 heterocycles. The smallest absolute Gasteiger partial charge is 0.251 e. The van der Waals surface area contributed by atoms with Gasteiger partial charge in [0.1, 0.15) is 5.82 Å². The van der Waals surface area contributed by atoms with Gasteiger partial charge in [-0.15, -0.1) is 0 Å². The summed E-state index contributed by atoms with van der Waals surface area (Å²) in [6.45, 7) is 3.06. The number of fused-ring (bicyclic) bond motifs is 1. The SMILES string of the molecule is Cc1ccccc1C(=O)NCCc1nc2ccccc2n1Cc1ccc(Cl)c(Cl)c1. The van der Waals surface area contributed by atoms with Crippen LogP contribution in [0.2, 0.25) is 10.0 Å². The molecule has 1 aromatic heterocycles. The number of aromatic nitrogens is 2. The largest absolute Gasteiger partial charge is 0.352 e. The van der Waals surface area contributed by atoms with Gasteiger partial charge in [-0.05, 0) is 48.4 Å². The molecular formula is C24H21Cl2N3O. The molecule has 0 aliphatic carbocycles. The first-order valence-electron chi connectivity index (χ1n) is 9.75. The van der Waals surface area contributed by atoms with Crippen LogP contribution in [0.25, 0.3) is 11.0 Å². The zero-order valence-electron chi connectivity index (χ0n) is 16.5. The number of halogens is 2. The molecule has 6 heteroatoms. The van der Waals surface area contributed by atoms with Crippen LogP contribution in [0, 0.1) is 6.92 Å². The molecule has 0 saturated carbocycles. The summed E-state index contributed by atoms with van der Waals surface area (Å²) in [6.07, 6.45) is 0.619. The number of para-hydroxylation sites is 2. The predicted molar refractivity (Wildman–Crippen MR) is 123 cm³/mol. The van der Waals surface area contributed by atoms with Gasteiger partial charge in [-0.2, -0.15) is 0 Å². The number of carbonyl (C=O) groups is 1. The quantitative estimate of drug-likeness (QED) is 0.422. The highest BCUT2D eigenvalue weighted by Gasteiger charge is 2.13. The zero-order chi connectivity index (χ0) is 21.1. The molecule has 0 aliphatic heterocycles. The number of imidazole rings is 1. The van der Waals surface area contributed by atoms with Crippen molar-refractivity contribution < 1.29 is 4.79 Å². The Morgan fingerprint density at radius 2 is 1.77 bits per heavy atom. The lowest BCUT2D eigenvalue weighted by Crippen LogP contribution is -2.27. The normalized spacial score (nSPS) is 11.0. The lowest BCUT2D eigenvalue weighted by atomic mass is 10.1. The fourth-order valence-corrected chi connectivity index (χ4v) is 3.84. The molecule has 4 aromatic rings. The Bertz CT molecular complexity index is 1220. The molecule has 0 atom stereocenters. The van der Waals surface area contributed by atoms with Crippen LogP contribution in [0.3, 0.4) is 0 Å². The molecule has 0 saturated heterocycles. The molecule has 0 spiro atoms. The number of nitrogens with one attached hydrogen (secondary N) is 1. The number of aryl methyl sites for hydroxylation is 1. The third-order valence-electron chi connectivity index (χ3n) is 5.08. The number of carbonyl (C=O) groups excluding carboxylic acids is 1. The van der Waals surface area contributed by atoms with E-state index in [1.165, 1.54) is 0 Å². The second kappa shape index (κ2) is 8.90. The van der Waals surface area contributed by atoms with Crippen LogP contribution >= 0.6 is 23.2 Å². The summed E-state index contributed by atoms with van der Waals surface area (Å²) in [7, 11) is 0. The summed E-state index contributed by atoms with van der Waals surface area (Å²) in [6, 6.07) is 21.2. The first-order chi connectivity index (χ1) is 14.5. The van der Waals surface area contributed by atoms with E-state index in [1.807, 2.05) is 61.5 Å². The van der Waals surface area contributed by atoms with E-state index in [4.69, 9.17) is 28.2 Å². The minimum absolute atomic E-state index is 0.0692. The van der Waals surface area contributed by atoms with E-state index in [9.17, 15) is 4.79 Å². The van der Waals surface area contributed by atoms with E-state index in [0.29, 0.717) is 35.1 Å². The third kappa shape index (κ3) is 4.35. The number of nitrogens with zero attached hydrogens (tertiary/aromatic N) is 2. The van der Waals surface area contributed by atoms with Crippen molar-refractivity contribution in [2.24, 2.45) is 0 Å². The van der Waals surface area contributed by atoms with Gasteiger partial charge in [0, 0.05) is 25.1 Å². The molecule has 3 aromatic carbocycles. The molecule has 152 valence electrons. The lowest BCUT2D eigenvalue weighted by molar-refractivity contribution is 0.0953. The van der Waals surface area contributed by atoms with Gasteiger partial charge in [-0.1, -0.05) is 59.6 Å². The number of amides is 1. The van der Waals surface area contributed by atoms with E-state index in [-0.39, 0.29) is 5.91 Å². The maximum Gasteiger partial charge on any atom is 0.251 e. The molecule has 0 fully saturated rings. The van der Waals surface area contributed by atoms with Gasteiger partial charge in [-0.3, -0.25) is 4.79 Å². The van der Waals surface area contributed by atoms with Crippen LogP contribution in [0.1, 0.15) is 27.3 Å². The Kier molecular flexibility index (Phi) is 6.07. The maximum absolute atomic E-state index is 12.5.